The van der Waals surface area contributed by atoms with Crippen molar-refractivity contribution in [2.24, 2.45) is 17.8 Å². The van der Waals surface area contributed by atoms with E-state index in [4.69, 9.17) is 17.0 Å². The molecule has 10 heteroatoms. The van der Waals surface area contributed by atoms with Crippen LogP contribution >= 0.6 is 23.6 Å². The third-order valence-electron chi connectivity index (χ3n) is 8.54. The Labute approximate surface area is 251 Å². The molecule has 4 aliphatic rings. The van der Waals surface area contributed by atoms with Gasteiger partial charge in [0.25, 0.3) is 0 Å². The van der Waals surface area contributed by atoms with Crippen molar-refractivity contribution in [2.75, 3.05) is 17.2 Å². The van der Waals surface area contributed by atoms with Crippen molar-refractivity contribution in [3.05, 3.63) is 76.7 Å². The van der Waals surface area contributed by atoms with Gasteiger partial charge in [0, 0.05) is 22.5 Å². The molecule has 0 aliphatic heterocycles. The maximum absolute atomic E-state index is 13.4. The van der Waals surface area contributed by atoms with Crippen LogP contribution in [0.25, 0.3) is 0 Å². The van der Waals surface area contributed by atoms with Crippen molar-refractivity contribution < 1.29 is 17.9 Å². The van der Waals surface area contributed by atoms with Gasteiger partial charge in [-0.1, -0.05) is 30.3 Å². The summed E-state index contributed by atoms with van der Waals surface area (Å²) in [5, 5.41) is 7.15. The van der Waals surface area contributed by atoms with Gasteiger partial charge in [0.05, 0.1) is 17.1 Å². The van der Waals surface area contributed by atoms with Crippen LogP contribution in [0, 0.1) is 17.8 Å². The number of sulfonamides is 1. The zero-order valence-electron chi connectivity index (χ0n) is 23.0. The van der Waals surface area contributed by atoms with Crippen molar-refractivity contribution in [3.8, 4) is 0 Å². The third kappa shape index (κ3) is 6.35. The second-order valence-electron chi connectivity index (χ2n) is 11.7. The Morgan fingerprint density at radius 3 is 2.22 bits per heavy atom. The van der Waals surface area contributed by atoms with Crippen molar-refractivity contribution >= 4 is 55.3 Å². The average molecular weight is 610 g/mol. The summed E-state index contributed by atoms with van der Waals surface area (Å²) in [4.78, 5) is 13.9. The smallest absolute Gasteiger partial charge is 0.341 e. The van der Waals surface area contributed by atoms with Gasteiger partial charge in [-0.15, -0.1) is 11.3 Å². The summed E-state index contributed by atoms with van der Waals surface area (Å²) in [7, 11) is -3.64. The summed E-state index contributed by atoms with van der Waals surface area (Å²) in [5.41, 5.74) is 1.94. The van der Waals surface area contributed by atoms with Crippen LogP contribution < -0.4 is 15.4 Å². The lowest BCUT2D eigenvalue weighted by atomic mass is 9.53. The number of esters is 1. The lowest BCUT2D eigenvalue weighted by molar-refractivity contribution is -0.00810. The summed E-state index contributed by atoms with van der Waals surface area (Å²) in [6.07, 6.45) is 7.35. The number of hydrogen-bond acceptors (Lipinski definition) is 6. The van der Waals surface area contributed by atoms with Crippen LogP contribution in [0.1, 0.15) is 66.2 Å². The maximum Gasteiger partial charge on any atom is 0.341 e. The number of rotatable bonds is 9. The van der Waals surface area contributed by atoms with E-state index in [-0.39, 0.29) is 17.0 Å². The Kier molecular flexibility index (Phi) is 7.93. The average Bonchev–Trinajstić information content (AvgIpc) is 3.30. The van der Waals surface area contributed by atoms with E-state index in [1.54, 1.807) is 31.2 Å². The largest absolute Gasteiger partial charge is 0.462 e. The summed E-state index contributed by atoms with van der Waals surface area (Å²) >= 11 is 7.00. The van der Waals surface area contributed by atoms with Gasteiger partial charge >= 0.3 is 5.97 Å². The first kappa shape index (κ1) is 28.3. The van der Waals surface area contributed by atoms with Crippen LogP contribution in [0.3, 0.4) is 0 Å². The Hall–Kier alpha value is -2.79. The molecule has 0 spiro atoms. The number of hydrogen-bond donors (Lipinski definition) is 3. The molecule has 7 nitrogen and oxygen atoms in total. The minimum absolute atomic E-state index is 0.256. The summed E-state index contributed by atoms with van der Waals surface area (Å²) < 4.78 is 35.1. The molecule has 0 amide bonds. The molecular formula is C31H35N3O4S3. The molecule has 4 fully saturated rings. The Morgan fingerprint density at radius 1 is 0.976 bits per heavy atom. The van der Waals surface area contributed by atoms with E-state index >= 15 is 0 Å². The Balaban J connectivity index is 1.12. The molecule has 0 atom stereocenters. The molecule has 0 saturated heterocycles. The van der Waals surface area contributed by atoms with Gasteiger partial charge in [-0.3, -0.25) is 0 Å². The number of carbonyl (C=O) groups is 1. The number of thiocarbonyl (C=S) groups is 1. The highest BCUT2D eigenvalue weighted by Crippen LogP contribution is 2.56. The molecule has 4 bridgehead atoms. The number of benzene rings is 2. The number of thiophene rings is 1. The van der Waals surface area contributed by atoms with E-state index in [2.05, 4.69) is 15.4 Å². The van der Waals surface area contributed by atoms with Crippen molar-refractivity contribution in [1.29, 1.82) is 0 Å². The highest BCUT2D eigenvalue weighted by molar-refractivity contribution is 7.89. The monoisotopic (exact) mass is 609 g/mol. The lowest BCUT2D eigenvalue weighted by Gasteiger charge is -2.56. The van der Waals surface area contributed by atoms with Gasteiger partial charge < -0.3 is 15.4 Å². The van der Waals surface area contributed by atoms with Crippen molar-refractivity contribution in [3.63, 3.8) is 0 Å². The standard InChI is InChI=1S/C31H35N3O4S3/c1-2-38-29(35)27-16-25(15-20-6-4-3-5-7-20)40-28(27)33-30(39)32-24-8-10-26(11-9-24)41(36,37)34-31-17-21-12-22(18-31)14-23(13-21)19-31/h3-11,16,21-23,34H,2,12-15,17-19H2,1H3,(H2,32,33,39). The fourth-order valence-corrected chi connectivity index (χ4v) is 10.1. The Bertz CT molecular complexity index is 1500. The first-order valence-electron chi connectivity index (χ1n) is 14.3. The molecule has 0 unspecified atom stereocenters. The van der Waals surface area contributed by atoms with E-state index in [0.717, 1.165) is 29.7 Å². The molecule has 0 radical (unpaired) electrons. The molecule has 1 aromatic heterocycles. The second-order valence-corrected chi connectivity index (χ2v) is 15.0. The number of ether oxygens (including phenoxy) is 1. The van der Waals surface area contributed by atoms with E-state index in [9.17, 15) is 13.2 Å². The topological polar surface area (TPSA) is 96.5 Å². The minimum Gasteiger partial charge on any atom is -0.462 e. The van der Waals surface area contributed by atoms with Crippen LogP contribution in [0.15, 0.2) is 65.6 Å². The van der Waals surface area contributed by atoms with Crippen LogP contribution in [-0.4, -0.2) is 31.6 Å². The SMILES string of the molecule is CCOC(=O)c1cc(Cc2ccccc2)sc1NC(=S)Nc1ccc(S(=O)(=O)NC23CC4CC(CC(C4)C2)C3)cc1. The van der Waals surface area contributed by atoms with Crippen molar-refractivity contribution in [1.82, 2.24) is 4.72 Å². The van der Waals surface area contributed by atoms with E-state index in [0.29, 0.717) is 45.5 Å². The molecule has 2 aromatic carbocycles. The van der Waals surface area contributed by atoms with E-state index < -0.39 is 16.0 Å². The van der Waals surface area contributed by atoms with Crippen molar-refractivity contribution in [2.45, 2.75) is 62.3 Å². The molecule has 3 aromatic rings. The zero-order valence-corrected chi connectivity index (χ0v) is 25.5. The summed E-state index contributed by atoms with van der Waals surface area (Å²) in [6, 6.07) is 18.5. The number of nitrogens with one attached hydrogen (secondary N) is 3. The normalized spacial score (nSPS) is 24.7. The van der Waals surface area contributed by atoms with Gasteiger partial charge in [-0.25, -0.2) is 17.9 Å². The molecule has 4 aliphatic carbocycles. The molecular weight excluding hydrogens is 575 g/mol. The first-order chi connectivity index (χ1) is 19.7. The third-order valence-corrected chi connectivity index (χ3v) is 11.4. The summed E-state index contributed by atoms with van der Waals surface area (Å²) in [5.74, 6) is 1.57. The molecule has 7 rings (SSSR count). The zero-order chi connectivity index (χ0) is 28.6. The van der Waals surface area contributed by atoms with Gasteiger partial charge in [-0.2, -0.15) is 0 Å². The van der Waals surface area contributed by atoms with Gasteiger partial charge in [-0.05, 0) is 111 Å². The molecule has 1 heterocycles. The number of carbonyl (C=O) groups excluding carboxylic acids is 1. The fourth-order valence-electron chi connectivity index (χ4n) is 7.34. The molecule has 4 saturated carbocycles. The van der Waals surface area contributed by atoms with Gasteiger partial charge in [0.1, 0.15) is 5.00 Å². The van der Waals surface area contributed by atoms with Crippen LogP contribution in [0.2, 0.25) is 0 Å². The second kappa shape index (κ2) is 11.5. The molecule has 3 N–H and O–H groups in total. The quantitative estimate of drug-likeness (QED) is 0.187. The minimum atomic E-state index is -3.64. The van der Waals surface area contributed by atoms with Crippen LogP contribution in [0.5, 0.6) is 0 Å². The lowest BCUT2D eigenvalue weighted by Crippen LogP contribution is -2.59. The summed E-state index contributed by atoms with van der Waals surface area (Å²) in [6.45, 7) is 2.05. The highest BCUT2D eigenvalue weighted by atomic mass is 32.2. The van der Waals surface area contributed by atoms with Gasteiger partial charge in [0.15, 0.2) is 5.11 Å². The highest BCUT2D eigenvalue weighted by Gasteiger charge is 2.52. The Morgan fingerprint density at radius 2 is 1.61 bits per heavy atom. The van der Waals surface area contributed by atoms with E-state index in [1.807, 2.05) is 36.4 Å². The molecule has 41 heavy (non-hydrogen) atoms. The number of anilines is 2. The van der Waals surface area contributed by atoms with Crippen LogP contribution in [0.4, 0.5) is 10.7 Å². The predicted octanol–water partition coefficient (Wildman–Crippen LogP) is 6.57. The molecule has 216 valence electrons. The first-order valence-corrected chi connectivity index (χ1v) is 17.0. The maximum atomic E-state index is 13.4. The predicted molar refractivity (Wildman–Crippen MR) is 167 cm³/mol. The van der Waals surface area contributed by atoms with Crippen LogP contribution in [-0.2, 0) is 21.2 Å². The van der Waals surface area contributed by atoms with Gasteiger partial charge in [0.2, 0.25) is 10.0 Å². The fraction of sp³-hybridized carbons (Fsp3) is 0.419. The van der Waals surface area contributed by atoms with E-state index in [1.165, 1.54) is 30.6 Å².